The molecule has 0 radical (unpaired) electrons. The second kappa shape index (κ2) is 4.23. The first-order valence-electron chi connectivity index (χ1n) is 5.47. The smallest absolute Gasteiger partial charge is 0.155 e. The molecule has 0 aliphatic heterocycles. The summed E-state index contributed by atoms with van der Waals surface area (Å²) in [5, 5.41) is 0. The summed E-state index contributed by atoms with van der Waals surface area (Å²) < 4.78 is 0. The lowest BCUT2D eigenvalue weighted by atomic mass is 9.82. The number of rotatable bonds is 4. The van der Waals surface area contributed by atoms with Crippen molar-refractivity contribution < 1.29 is 4.79 Å². The van der Waals surface area contributed by atoms with Crippen LogP contribution in [-0.2, 0) is 4.79 Å². The lowest BCUT2D eigenvalue weighted by Crippen LogP contribution is -2.49. The van der Waals surface area contributed by atoms with Crippen LogP contribution in [0.2, 0.25) is 0 Å². The first-order chi connectivity index (χ1) is 6.14. The first kappa shape index (κ1) is 10.7. The van der Waals surface area contributed by atoms with Gasteiger partial charge in [0.05, 0.1) is 5.54 Å². The van der Waals surface area contributed by atoms with Gasteiger partial charge >= 0.3 is 0 Å². The number of carbonyl (C=O) groups is 1. The molecule has 1 rings (SSSR count). The monoisotopic (exact) mass is 183 g/mol. The van der Waals surface area contributed by atoms with Crippen molar-refractivity contribution in [3.63, 3.8) is 0 Å². The van der Waals surface area contributed by atoms with Crippen LogP contribution in [0.5, 0.6) is 0 Å². The Labute approximate surface area is 80.9 Å². The summed E-state index contributed by atoms with van der Waals surface area (Å²) >= 11 is 0. The van der Waals surface area contributed by atoms with Gasteiger partial charge < -0.3 is 5.73 Å². The molecule has 2 N–H and O–H groups in total. The SMILES string of the molecule is CCC(N)(CC)C(=O)C1CCCC1. The van der Waals surface area contributed by atoms with Gasteiger partial charge in [-0.05, 0) is 25.7 Å². The molecular formula is C11H21NO. The quantitative estimate of drug-likeness (QED) is 0.726. The van der Waals surface area contributed by atoms with Gasteiger partial charge in [-0.25, -0.2) is 0 Å². The molecule has 0 heterocycles. The van der Waals surface area contributed by atoms with Crippen molar-refractivity contribution in [3.8, 4) is 0 Å². The molecule has 76 valence electrons. The lowest BCUT2D eigenvalue weighted by molar-refractivity contribution is -0.128. The molecule has 0 aromatic rings. The van der Waals surface area contributed by atoms with Crippen LogP contribution in [0.4, 0.5) is 0 Å². The highest BCUT2D eigenvalue weighted by Gasteiger charge is 2.36. The van der Waals surface area contributed by atoms with Gasteiger partial charge in [0.2, 0.25) is 0 Å². The van der Waals surface area contributed by atoms with E-state index in [1.54, 1.807) is 0 Å². The molecule has 0 saturated heterocycles. The van der Waals surface area contributed by atoms with E-state index < -0.39 is 5.54 Å². The molecule has 1 saturated carbocycles. The average molecular weight is 183 g/mol. The van der Waals surface area contributed by atoms with E-state index in [1.165, 1.54) is 12.8 Å². The molecule has 13 heavy (non-hydrogen) atoms. The van der Waals surface area contributed by atoms with E-state index in [1.807, 2.05) is 13.8 Å². The van der Waals surface area contributed by atoms with Crippen molar-refractivity contribution in [2.24, 2.45) is 11.7 Å². The van der Waals surface area contributed by atoms with Gasteiger partial charge in [-0.2, -0.15) is 0 Å². The van der Waals surface area contributed by atoms with Crippen LogP contribution < -0.4 is 5.73 Å². The fourth-order valence-electron chi connectivity index (χ4n) is 2.19. The Morgan fingerprint density at radius 1 is 1.31 bits per heavy atom. The van der Waals surface area contributed by atoms with E-state index >= 15 is 0 Å². The molecule has 1 fully saturated rings. The zero-order chi connectivity index (χ0) is 9.90. The normalized spacial score (nSPS) is 19.3. The summed E-state index contributed by atoms with van der Waals surface area (Å²) in [6, 6.07) is 0. The van der Waals surface area contributed by atoms with Gasteiger partial charge in [0.15, 0.2) is 5.78 Å². The third-order valence-corrected chi connectivity index (χ3v) is 3.48. The number of carbonyl (C=O) groups excluding carboxylic acids is 1. The van der Waals surface area contributed by atoms with Gasteiger partial charge in [-0.3, -0.25) is 4.79 Å². The molecule has 1 aliphatic rings. The fourth-order valence-corrected chi connectivity index (χ4v) is 2.19. The van der Waals surface area contributed by atoms with E-state index in [0.29, 0.717) is 5.78 Å². The summed E-state index contributed by atoms with van der Waals surface area (Å²) in [6.45, 7) is 4.02. The second-order valence-corrected chi connectivity index (χ2v) is 4.21. The van der Waals surface area contributed by atoms with Crippen molar-refractivity contribution >= 4 is 5.78 Å². The number of hydrogen-bond acceptors (Lipinski definition) is 2. The maximum absolute atomic E-state index is 12.0. The van der Waals surface area contributed by atoms with Crippen molar-refractivity contribution in [2.75, 3.05) is 0 Å². The van der Waals surface area contributed by atoms with Crippen LogP contribution in [0.25, 0.3) is 0 Å². The van der Waals surface area contributed by atoms with Crippen molar-refractivity contribution in [2.45, 2.75) is 57.9 Å². The molecule has 0 unspecified atom stereocenters. The number of hydrogen-bond donors (Lipinski definition) is 1. The molecule has 0 amide bonds. The Balaban J connectivity index is 2.63. The van der Waals surface area contributed by atoms with Crippen LogP contribution in [0.1, 0.15) is 52.4 Å². The standard InChI is InChI=1S/C11H21NO/c1-3-11(12,4-2)10(13)9-7-5-6-8-9/h9H,3-8,12H2,1-2H3. The van der Waals surface area contributed by atoms with Crippen molar-refractivity contribution in [3.05, 3.63) is 0 Å². The van der Waals surface area contributed by atoms with Gasteiger partial charge in [0.25, 0.3) is 0 Å². The van der Waals surface area contributed by atoms with Gasteiger partial charge in [-0.1, -0.05) is 26.7 Å². The second-order valence-electron chi connectivity index (χ2n) is 4.21. The van der Waals surface area contributed by atoms with Crippen LogP contribution in [0, 0.1) is 5.92 Å². The van der Waals surface area contributed by atoms with E-state index in [-0.39, 0.29) is 5.92 Å². The highest BCUT2D eigenvalue weighted by Crippen LogP contribution is 2.30. The summed E-state index contributed by atoms with van der Waals surface area (Å²) in [6.07, 6.45) is 6.10. The van der Waals surface area contributed by atoms with Crippen LogP contribution >= 0.6 is 0 Å². The predicted octanol–water partition coefficient (Wildman–Crippen LogP) is 2.26. The summed E-state index contributed by atoms with van der Waals surface area (Å²) in [5.74, 6) is 0.583. The minimum atomic E-state index is -0.533. The van der Waals surface area contributed by atoms with E-state index in [2.05, 4.69) is 0 Å². The zero-order valence-electron chi connectivity index (χ0n) is 8.81. The van der Waals surface area contributed by atoms with E-state index in [0.717, 1.165) is 25.7 Å². The van der Waals surface area contributed by atoms with Gasteiger partial charge in [0.1, 0.15) is 0 Å². The fraction of sp³-hybridized carbons (Fsp3) is 0.909. The summed E-state index contributed by atoms with van der Waals surface area (Å²) in [5.41, 5.74) is 5.54. The zero-order valence-corrected chi connectivity index (χ0v) is 8.81. The lowest BCUT2D eigenvalue weighted by Gasteiger charge is -2.27. The molecule has 0 aromatic carbocycles. The summed E-state index contributed by atoms with van der Waals surface area (Å²) in [7, 11) is 0. The third kappa shape index (κ3) is 2.11. The minimum absolute atomic E-state index is 0.268. The molecular weight excluding hydrogens is 162 g/mol. The van der Waals surface area contributed by atoms with Crippen LogP contribution in [0.15, 0.2) is 0 Å². The first-order valence-corrected chi connectivity index (χ1v) is 5.47. The van der Waals surface area contributed by atoms with Crippen LogP contribution in [-0.4, -0.2) is 11.3 Å². The molecule has 0 aromatic heterocycles. The number of Topliss-reactive ketones (excluding diaryl/α,β-unsaturated/α-hetero) is 1. The highest BCUT2D eigenvalue weighted by molar-refractivity contribution is 5.90. The topological polar surface area (TPSA) is 43.1 Å². The maximum Gasteiger partial charge on any atom is 0.155 e. The van der Waals surface area contributed by atoms with E-state index in [9.17, 15) is 4.79 Å². The Morgan fingerprint density at radius 3 is 2.15 bits per heavy atom. The Hall–Kier alpha value is -0.370. The molecule has 2 heteroatoms. The third-order valence-electron chi connectivity index (χ3n) is 3.48. The Bertz CT molecular complexity index is 179. The molecule has 0 atom stereocenters. The molecule has 2 nitrogen and oxygen atoms in total. The molecule has 0 bridgehead atoms. The summed E-state index contributed by atoms with van der Waals surface area (Å²) in [4.78, 5) is 12.0. The maximum atomic E-state index is 12.0. The number of nitrogens with two attached hydrogens (primary N) is 1. The Morgan fingerprint density at radius 2 is 1.77 bits per heavy atom. The van der Waals surface area contributed by atoms with Gasteiger partial charge in [-0.15, -0.1) is 0 Å². The van der Waals surface area contributed by atoms with Gasteiger partial charge in [0, 0.05) is 5.92 Å². The molecule has 0 spiro atoms. The van der Waals surface area contributed by atoms with Crippen molar-refractivity contribution in [1.29, 1.82) is 0 Å². The number of ketones is 1. The minimum Gasteiger partial charge on any atom is -0.319 e. The Kier molecular flexibility index (Phi) is 3.48. The van der Waals surface area contributed by atoms with Crippen LogP contribution in [0.3, 0.4) is 0 Å². The predicted molar refractivity (Wildman–Crippen MR) is 54.5 cm³/mol. The molecule has 1 aliphatic carbocycles. The largest absolute Gasteiger partial charge is 0.319 e. The van der Waals surface area contributed by atoms with Crippen molar-refractivity contribution in [1.82, 2.24) is 0 Å². The van der Waals surface area contributed by atoms with E-state index in [4.69, 9.17) is 5.73 Å². The highest BCUT2D eigenvalue weighted by atomic mass is 16.1. The average Bonchev–Trinajstić information content (AvgIpc) is 2.68.